The molecule has 5 heteroatoms. The summed E-state index contributed by atoms with van der Waals surface area (Å²) in [7, 11) is 1.73. The highest BCUT2D eigenvalue weighted by atomic mass is 16.1. The molecule has 86 valence electrons. The van der Waals surface area contributed by atoms with Crippen LogP contribution in [0, 0.1) is 5.92 Å². The number of hydrogen-bond donors (Lipinski definition) is 3. The fraction of sp³-hybridized carbons (Fsp3) is 0.600. The Kier molecular flexibility index (Phi) is 6.17. The molecule has 5 N–H and O–H groups in total. The molecular formula is C10H20N4O. The first-order chi connectivity index (χ1) is 6.99. The van der Waals surface area contributed by atoms with E-state index in [9.17, 15) is 4.79 Å². The van der Waals surface area contributed by atoms with E-state index >= 15 is 0 Å². The molecule has 0 aromatic rings. The van der Waals surface area contributed by atoms with Gasteiger partial charge >= 0.3 is 0 Å². The summed E-state index contributed by atoms with van der Waals surface area (Å²) < 4.78 is 0. The van der Waals surface area contributed by atoms with Crippen molar-refractivity contribution in [1.29, 1.82) is 0 Å². The zero-order valence-electron chi connectivity index (χ0n) is 9.58. The van der Waals surface area contributed by atoms with Crippen molar-refractivity contribution in [1.82, 2.24) is 5.32 Å². The van der Waals surface area contributed by atoms with Gasteiger partial charge in [0.05, 0.1) is 5.70 Å². The molecular weight excluding hydrogens is 192 g/mol. The smallest absolute Gasteiger partial charge is 0.185 e. The standard InChI is InChI=1S/C10H20N4O/c1-7(2)9(15)8(13-3)5-4-6-14-10(11)12/h5,7,13H,4,6H2,1-3H3,(H4,11,12,14)/b8-5+. The first-order valence-electron chi connectivity index (χ1n) is 4.96. The zero-order chi connectivity index (χ0) is 11.8. The molecule has 0 amide bonds. The number of Topliss-reactive ketones (excluding diaryl/α,β-unsaturated/α-hetero) is 1. The third-order valence-corrected chi connectivity index (χ3v) is 1.83. The molecule has 15 heavy (non-hydrogen) atoms. The molecule has 5 nitrogen and oxygen atoms in total. The third kappa shape index (κ3) is 5.72. The van der Waals surface area contributed by atoms with Crippen molar-refractivity contribution in [3.05, 3.63) is 11.8 Å². The Labute approximate surface area is 90.6 Å². The summed E-state index contributed by atoms with van der Waals surface area (Å²) in [5, 5.41) is 2.87. The maximum Gasteiger partial charge on any atom is 0.185 e. The predicted octanol–water partition coefficient (Wildman–Crippen LogP) is -0.0217. The number of ketones is 1. The fourth-order valence-electron chi connectivity index (χ4n) is 1.04. The Morgan fingerprint density at radius 3 is 2.47 bits per heavy atom. The summed E-state index contributed by atoms with van der Waals surface area (Å²) in [6, 6.07) is 0. The van der Waals surface area contributed by atoms with Crippen LogP contribution in [0.25, 0.3) is 0 Å². The molecule has 0 atom stereocenters. The summed E-state index contributed by atoms with van der Waals surface area (Å²) >= 11 is 0. The van der Waals surface area contributed by atoms with Crippen LogP contribution in [0.5, 0.6) is 0 Å². The van der Waals surface area contributed by atoms with E-state index in [1.807, 2.05) is 19.9 Å². The second kappa shape index (κ2) is 6.86. The van der Waals surface area contributed by atoms with Crippen molar-refractivity contribution < 1.29 is 4.79 Å². The van der Waals surface area contributed by atoms with Crippen LogP contribution in [0.15, 0.2) is 16.8 Å². The zero-order valence-corrected chi connectivity index (χ0v) is 9.58. The summed E-state index contributed by atoms with van der Waals surface area (Å²) in [5.41, 5.74) is 11.0. The van der Waals surface area contributed by atoms with Crippen molar-refractivity contribution >= 4 is 11.7 Å². The fourth-order valence-corrected chi connectivity index (χ4v) is 1.04. The monoisotopic (exact) mass is 212 g/mol. The van der Waals surface area contributed by atoms with E-state index in [1.165, 1.54) is 0 Å². The van der Waals surface area contributed by atoms with Crippen molar-refractivity contribution in [3.8, 4) is 0 Å². The van der Waals surface area contributed by atoms with Crippen LogP contribution in [-0.4, -0.2) is 25.3 Å². The number of aliphatic imine (C=N–C) groups is 1. The first kappa shape index (κ1) is 13.5. The lowest BCUT2D eigenvalue weighted by molar-refractivity contribution is -0.118. The van der Waals surface area contributed by atoms with Crippen molar-refractivity contribution in [2.75, 3.05) is 13.6 Å². The van der Waals surface area contributed by atoms with Crippen molar-refractivity contribution in [3.63, 3.8) is 0 Å². The highest BCUT2D eigenvalue weighted by Crippen LogP contribution is 2.03. The molecule has 0 aliphatic heterocycles. The number of allylic oxidation sites excluding steroid dienone is 1. The van der Waals surface area contributed by atoms with Crippen LogP contribution in [0.3, 0.4) is 0 Å². The second-order valence-electron chi connectivity index (χ2n) is 3.48. The van der Waals surface area contributed by atoms with E-state index in [1.54, 1.807) is 7.05 Å². The van der Waals surface area contributed by atoms with E-state index in [0.717, 1.165) is 0 Å². The first-order valence-corrected chi connectivity index (χ1v) is 4.96. The Balaban J connectivity index is 4.23. The van der Waals surface area contributed by atoms with Gasteiger partial charge in [-0.1, -0.05) is 19.9 Å². The Morgan fingerprint density at radius 2 is 2.07 bits per heavy atom. The number of hydrogen-bond acceptors (Lipinski definition) is 3. The molecule has 0 radical (unpaired) electrons. The van der Waals surface area contributed by atoms with Gasteiger partial charge < -0.3 is 16.8 Å². The van der Waals surface area contributed by atoms with Crippen LogP contribution < -0.4 is 16.8 Å². The molecule has 0 aliphatic carbocycles. The lowest BCUT2D eigenvalue weighted by atomic mass is 10.1. The van der Waals surface area contributed by atoms with Gasteiger partial charge in [-0.3, -0.25) is 9.79 Å². The topological polar surface area (TPSA) is 93.5 Å². The summed E-state index contributed by atoms with van der Waals surface area (Å²) in [4.78, 5) is 15.4. The number of nitrogens with one attached hydrogen (secondary N) is 1. The summed E-state index contributed by atoms with van der Waals surface area (Å²) in [6.45, 7) is 4.23. The number of nitrogens with zero attached hydrogens (tertiary/aromatic N) is 1. The molecule has 0 saturated carbocycles. The minimum Gasteiger partial charge on any atom is -0.386 e. The maximum atomic E-state index is 11.6. The average molecular weight is 212 g/mol. The normalized spacial score (nSPS) is 11.3. The van der Waals surface area contributed by atoms with Crippen LogP contribution in [0.2, 0.25) is 0 Å². The number of nitrogens with two attached hydrogens (primary N) is 2. The van der Waals surface area contributed by atoms with Gasteiger partial charge in [0, 0.05) is 19.5 Å². The van der Waals surface area contributed by atoms with Gasteiger partial charge in [-0.05, 0) is 6.42 Å². The van der Waals surface area contributed by atoms with E-state index in [4.69, 9.17) is 11.5 Å². The van der Waals surface area contributed by atoms with Gasteiger partial charge in [0.2, 0.25) is 0 Å². The highest BCUT2D eigenvalue weighted by Gasteiger charge is 2.11. The van der Waals surface area contributed by atoms with Crippen molar-refractivity contribution in [2.45, 2.75) is 20.3 Å². The Morgan fingerprint density at radius 1 is 1.47 bits per heavy atom. The summed E-state index contributed by atoms with van der Waals surface area (Å²) in [6.07, 6.45) is 2.46. The van der Waals surface area contributed by atoms with Gasteiger partial charge in [-0.15, -0.1) is 0 Å². The predicted molar refractivity (Wildman–Crippen MR) is 62.3 cm³/mol. The van der Waals surface area contributed by atoms with Gasteiger partial charge in [-0.2, -0.15) is 0 Å². The third-order valence-electron chi connectivity index (χ3n) is 1.83. The number of guanidine groups is 1. The van der Waals surface area contributed by atoms with E-state index in [2.05, 4.69) is 10.3 Å². The van der Waals surface area contributed by atoms with Crippen LogP contribution >= 0.6 is 0 Å². The van der Waals surface area contributed by atoms with Crippen LogP contribution in [0.1, 0.15) is 20.3 Å². The molecule has 0 aliphatic rings. The van der Waals surface area contributed by atoms with E-state index < -0.39 is 0 Å². The van der Waals surface area contributed by atoms with Gasteiger partial charge in [0.25, 0.3) is 0 Å². The molecule has 0 aromatic heterocycles. The minimum absolute atomic E-state index is 0.00761. The quantitative estimate of drug-likeness (QED) is 0.249. The molecule has 0 heterocycles. The van der Waals surface area contributed by atoms with Gasteiger partial charge in [0.15, 0.2) is 11.7 Å². The molecule has 0 fully saturated rings. The summed E-state index contributed by atoms with van der Waals surface area (Å²) in [5.74, 6) is 0.165. The maximum absolute atomic E-state index is 11.6. The Bertz CT molecular complexity index is 265. The average Bonchev–Trinajstić information content (AvgIpc) is 2.16. The minimum atomic E-state index is -0.00761. The van der Waals surface area contributed by atoms with Gasteiger partial charge in [-0.25, -0.2) is 0 Å². The van der Waals surface area contributed by atoms with Crippen LogP contribution in [-0.2, 0) is 4.79 Å². The molecule has 0 aromatic carbocycles. The molecule has 0 bridgehead atoms. The van der Waals surface area contributed by atoms with Crippen molar-refractivity contribution in [2.24, 2.45) is 22.4 Å². The molecule has 0 spiro atoms. The number of carbonyl (C=O) groups is 1. The molecule has 0 saturated heterocycles. The number of likely N-dealkylation sites (N-methyl/N-ethyl adjacent to an activating group) is 1. The Hall–Kier alpha value is -1.52. The lowest BCUT2D eigenvalue weighted by Crippen LogP contribution is -2.23. The molecule has 0 rings (SSSR count). The van der Waals surface area contributed by atoms with Gasteiger partial charge in [0.1, 0.15) is 0 Å². The largest absolute Gasteiger partial charge is 0.386 e. The lowest BCUT2D eigenvalue weighted by Gasteiger charge is -2.08. The second-order valence-corrected chi connectivity index (χ2v) is 3.48. The van der Waals surface area contributed by atoms with E-state index in [0.29, 0.717) is 18.7 Å². The SMILES string of the molecule is CN/C(=C/CCN=C(N)N)C(=O)C(C)C. The van der Waals surface area contributed by atoms with E-state index in [-0.39, 0.29) is 17.7 Å². The van der Waals surface area contributed by atoms with Crippen LogP contribution in [0.4, 0.5) is 0 Å². The highest BCUT2D eigenvalue weighted by molar-refractivity contribution is 5.96. The number of carbonyl (C=O) groups excluding carboxylic acids is 1. The molecule has 0 unspecified atom stereocenters. The number of rotatable bonds is 6.